The van der Waals surface area contributed by atoms with Crippen molar-refractivity contribution in [1.29, 1.82) is 0 Å². The molecule has 1 heterocycles. The molecule has 4 N–H and O–H groups in total. The van der Waals surface area contributed by atoms with Crippen LogP contribution in [0.5, 0.6) is 0 Å². The first-order valence-electron chi connectivity index (χ1n) is 21.8. The molecule has 0 amide bonds. The highest BCUT2D eigenvalue weighted by molar-refractivity contribution is 7.80. The van der Waals surface area contributed by atoms with Gasteiger partial charge in [0.2, 0.25) is 0 Å². The van der Waals surface area contributed by atoms with Gasteiger partial charge in [-0.2, -0.15) is 8.42 Å². The van der Waals surface area contributed by atoms with Gasteiger partial charge in [0.05, 0.1) is 19.8 Å². The van der Waals surface area contributed by atoms with Gasteiger partial charge in [0.1, 0.15) is 30.5 Å². The lowest BCUT2D eigenvalue weighted by Gasteiger charge is -2.41. The molecule has 13 heteroatoms. The Labute approximate surface area is 328 Å². The van der Waals surface area contributed by atoms with Gasteiger partial charge in [0.15, 0.2) is 6.29 Å². The van der Waals surface area contributed by atoms with Crippen molar-refractivity contribution in [2.45, 2.75) is 230 Å². The number of unbranched alkanes of at least 4 members (excludes halogenated alkanes) is 25. The molecule has 54 heavy (non-hydrogen) atoms. The summed E-state index contributed by atoms with van der Waals surface area (Å²) in [5.74, 6) is -0.397. The SMILES string of the molecule is CCCCCCCCCCCCCCCCCCCCCCCC(=O)OC(COCCCCCCCC)COC1OC(CO)C(O)C(OS(=O)(=O)O)C1O. The molecule has 1 saturated heterocycles. The summed E-state index contributed by atoms with van der Waals surface area (Å²) in [6.07, 6.45) is 24.7. The van der Waals surface area contributed by atoms with Gasteiger partial charge >= 0.3 is 16.4 Å². The largest absolute Gasteiger partial charge is 0.457 e. The fourth-order valence-electron chi connectivity index (χ4n) is 6.91. The Bertz CT molecular complexity index is 968. The first kappa shape index (κ1) is 51.1. The maximum atomic E-state index is 12.8. The van der Waals surface area contributed by atoms with Crippen LogP contribution in [-0.2, 0) is 38.3 Å². The van der Waals surface area contributed by atoms with Crippen LogP contribution in [0.1, 0.15) is 194 Å². The lowest BCUT2D eigenvalue weighted by atomic mass is 9.99. The number of rotatable bonds is 38. The average Bonchev–Trinajstić information content (AvgIpc) is 3.14. The first-order chi connectivity index (χ1) is 26.1. The van der Waals surface area contributed by atoms with Crippen LogP contribution in [0.15, 0.2) is 0 Å². The monoisotopic (exact) mass is 797 g/mol. The normalized spacial score (nSPS) is 21.0. The van der Waals surface area contributed by atoms with Gasteiger partial charge in [0.25, 0.3) is 0 Å². The molecule has 0 aromatic carbocycles. The van der Waals surface area contributed by atoms with Crippen LogP contribution in [0.4, 0.5) is 0 Å². The predicted octanol–water partition coefficient (Wildman–Crippen LogP) is 8.52. The zero-order valence-corrected chi connectivity index (χ0v) is 34.9. The van der Waals surface area contributed by atoms with Gasteiger partial charge in [-0.25, -0.2) is 4.18 Å². The van der Waals surface area contributed by atoms with Crippen molar-refractivity contribution in [1.82, 2.24) is 0 Å². The first-order valence-corrected chi connectivity index (χ1v) is 23.2. The second kappa shape index (κ2) is 34.2. The predicted molar refractivity (Wildman–Crippen MR) is 211 cm³/mol. The molecular formula is C41H80O12S. The van der Waals surface area contributed by atoms with E-state index >= 15 is 0 Å². The molecule has 6 unspecified atom stereocenters. The molecule has 12 nitrogen and oxygen atoms in total. The number of aliphatic hydroxyl groups excluding tert-OH is 3. The highest BCUT2D eigenvalue weighted by atomic mass is 32.3. The van der Waals surface area contributed by atoms with Gasteiger partial charge < -0.3 is 34.3 Å². The molecule has 1 fully saturated rings. The van der Waals surface area contributed by atoms with E-state index in [9.17, 15) is 28.5 Å². The Morgan fingerprint density at radius 2 is 1.06 bits per heavy atom. The van der Waals surface area contributed by atoms with Crippen LogP contribution in [0.3, 0.4) is 0 Å². The minimum absolute atomic E-state index is 0.0415. The average molecular weight is 797 g/mol. The molecular weight excluding hydrogens is 717 g/mol. The Kier molecular flexibility index (Phi) is 32.3. The van der Waals surface area contributed by atoms with Crippen molar-refractivity contribution >= 4 is 16.4 Å². The second-order valence-corrected chi connectivity index (χ2v) is 16.4. The van der Waals surface area contributed by atoms with Crippen LogP contribution >= 0.6 is 0 Å². The van der Waals surface area contributed by atoms with E-state index < -0.39 is 59.8 Å². The summed E-state index contributed by atoms with van der Waals surface area (Å²) in [5, 5.41) is 30.5. The fraction of sp³-hybridized carbons (Fsp3) is 0.976. The minimum atomic E-state index is -5.05. The Morgan fingerprint density at radius 3 is 1.48 bits per heavy atom. The minimum Gasteiger partial charge on any atom is -0.457 e. The molecule has 0 bridgehead atoms. The molecule has 0 spiro atoms. The third kappa shape index (κ3) is 27.7. The van der Waals surface area contributed by atoms with Crippen molar-refractivity contribution in [2.75, 3.05) is 26.4 Å². The summed E-state index contributed by atoms with van der Waals surface area (Å²) in [7, 11) is -5.05. The maximum absolute atomic E-state index is 12.8. The molecule has 1 rings (SSSR count). The molecule has 0 aromatic rings. The fourth-order valence-corrected chi connectivity index (χ4v) is 7.42. The molecule has 1 aliphatic rings. The third-order valence-electron chi connectivity index (χ3n) is 10.2. The molecule has 0 aliphatic carbocycles. The summed E-state index contributed by atoms with van der Waals surface area (Å²) >= 11 is 0. The second-order valence-electron chi connectivity index (χ2n) is 15.3. The van der Waals surface area contributed by atoms with Gasteiger partial charge in [-0.1, -0.05) is 174 Å². The number of hydrogen-bond acceptors (Lipinski definition) is 11. The summed E-state index contributed by atoms with van der Waals surface area (Å²) in [5.41, 5.74) is 0. The van der Waals surface area contributed by atoms with Crippen molar-refractivity contribution < 1.29 is 56.2 Å². The van der Waals surface area contributed by atoms with E-state index in [1.807, 2.05) is 0 Å². The quantitative estimate of drug-likeness (QED) is 0.0266. The van der Waals surface area contributed by atoms with Crippen molar-refractivity contribution in [3.63, 3.8) is 0 Å². The number of hydrogen-bond donors (Lipinski definition) is 4. The van der Waals surface area contributed by atoms with E-state index in [0.29, 0.717) is 13.0 Å². The van der Waals surface area contributed by atoms with Gasteiger partial charge in [-0.15, -0.1) is 0 Å². The Hall–Kier alpha value is -0.900. The molecule has 0 saturated carbocycles. The van der Waals surface area contributed by atoms with Crippen LogP contribution in [0, 0.1) is 0 Å². The lowest BCUT2D eigenvalue weighted by Crippen LogP contribution is -2.60. The molecule has 6 atom stereocenters. The molecule has 0 aromatic heterocycles. The van der Waals surface area contributed by atoms with E-state index in [4.69, 9.17) is 23.5 Å². The van der Waals surface area contributed by atoms with Crippen LogP contribution in [0.2, 0.25) is 0 Å². The lowest BCUT2D eigenvalue weighted by molar-refractivity contribution is -0.301. The van der Waals surface area contributed by atoms with E-state index in [1.165, 1.54) is 128 Å². The van der Waals surface area contributed by atoms with Crippen molar-refractivity contribution in [3.05, 3.63) is 0 Å². The zero-order chi connectivity index (χ0) is 39.7. The number of carbonyl (C=O) groups is 1. The zero-order valence-electron chi connectivity index (χ0n) is 34.1. The smallest absolute Gasteiger partial charge is 0.397 e. The topological polar surface area (TPSA) is 178 Å². The van der Waals surface area contributed by atoms with E-state index in [2.05, 4.69) is 18.0 Å². The van der Waals surface area contributed by atoms with Gasteiger partial charge in [-0.3, -0.25) is 9.35 Å². The van der Waals surface area contributed by atoms with Gasteiger partial charge in [-0.05, 0) is 12.8 Å². The highest BCUT2D eigenvalue weighted by Gasteiger charge is 2.48. The molecule has 322 valence electrons. The highest BCUT2D eigenvalue weighted by Crippen LogP contribution is 2.26. The number of carbonyl (C=O) groups excluding carboxylic acids is 1. The van der Waals surface area contributed by atoms with Gasteiger partial charge in [0, 0.05) is 13.0 Å². The molecule has 0 radical (unpaired) electrons. The summed E-state index contributed by atoms with van der Waals surface area (Å²) < 4.78 is 58.7. The summed E-state index contributed by atoms with van der Waals surface area (Å²) in [6, 6.07) is 0. The summed E-state index contributed by atoms with van der Waals surface area (Å²) in [4.78, 5) is 12.8. The van der Waals surface area contributed by atoms with Crippen molar-refractivity contribution in [2.24, 2.45) is 0 Å². The Balaban J connectivity index is 2.29. The number of esters is 1. The molecule has 1 aliphatic heterocycles. The summed E-state index contributed by atoms with van der Waals surface area (Å²) in [6.45, 7) is 3.95. The van der Waals surface area contributed by atoms with Crippen molar-refractivity contribution in [3.8, 4) is 0 Å². The standard InChI is InChI=1S/C41H80O12S/c1-3-5-7-9-11-12-13-14-15-16-17-18-19-20-21-22-23-24-25-26-28-30-37(43)51-35(33-49-31-29-27-10-8-6-4-2)34-50-41-39(45)40(53-54(46,47)48)38(44)36(32-42)52-41/h35-36,38-42,44-45H,3-34H2,1-2H3,(H,46,47,48). The van der Waals surface area contributed by atoms with E-state index in [-0.39, 0.29) is 19.6 Å². The van der Waals surface area contributed by atoms with E-state index in [0.717, 1.165) is 38.5 Å². The number of aliphatic hydroxyl groups is 3. The maximum Gasteiger partial charge on any atom is 0.397 e. The third-order valence-corrected chi connectivity index (χ3v) is 10.7. The van der Waals surface area contributed by atoms with Crippen LogP contribution in [0.25, 0.3) is 0 Å². The van der Waals surface area contributed by atoms with Crippen LogP contribution in [-0.4, -0.2) is 97.5 Å². The number of ether oxygens (including phenoxy) is 4. The Morgan fingerprint density at radius 1 is 0.630 bits per heavy atom. The van der Waals surface area contributed by atoms with Crippen LogP contribution < -0.4 is 0 Å². The van der Waals surface area contributed by atoms with E-state index in [1.54, 1.807) is 0 Å².